The number of ether oxygens (including phenoxy) is 1. The van der Waals surface area contributed by atoms with Crippen LogP contribution in [0.25, 0.3) is 0 Å². The monoisotopic (exact) mass is 278 g/mol. The van der Waals surface area contributed by atoms with Crippen LogP contribution in [0.15, 0.2) is 24.3 Å². The van der Waals surface area contributed by atoms with Crippen molar-refractivity contribution in [2.75, 3.05) is 0 Å². The molecular weight excluding hydrogens is 264 g/mol. The number of rotatable bonds is 4. The van der Waals surface area contributed by atoms with Crippen LogP contribution in [-0.4, -0.2) is 15.6 Å². The van der Waals surface area contributed by atoms with E-state index in [2.05, 4.69) is 5.10 Å². The molecule has 2 rings (SSSR count). The summed E-state index contributed by atoms with van der Waals surface area (Å²) in [5.41, 5.74) is 7.62. The van der Waals surface area contributed by atoms with Gasteiger partial charge in [-0.1, -0.05) is 29.8 Å². The van der Waals surface area contributed by atoms with Crippen molar-refractivity contribution < 1.29 is 4.74 Å². The Kier molecular flexibility index (Phi) is 3.76. The van der Waals surface area contributed by atoms with Crippen LogP contribution in [0.2, 0.25) is 5.02 Å². The molecule has 0 aliphatic carbocycles. The fourth-order valence-corrected chi connectivity index (χ4v) is 2.06. The van der Waals surface area contributed by atoms with Gasteiger partial charge in [-0.15, -0.1) is 0 Å². The minimum Gasteiger partial charge on any atom is -0.472 e. The van der Waals surface area contributed by atoms with E-state index in [1.807, 2.05) is 18.2 Å². The number of nitrogens with two attached hydrogens (primary N) is 1. The molecule has 3 N–H and O–H groups in total. The molecule has 0 fully saturated rings. The molecule has 0 saturated carbocycles. The van der Waals surface area contributed by atoms with E-state index >= 15 is 0 Å². The van der Waals surface area contributed by atoms with Crippen molar-refractivity contribution >= 4 is 17.4 Å². The Balaban J connectivity index is 2.25. The lowest BCUT2D eigenvalue weighted by molar-refractivity contribution is 0.278. The number of aromatic nitrogens is 2. The number of aryl methyl sites for hydroxylation is 2. The second-order valence-corrected chi connectivity index (χ2v) is 4.59. The van der Waals surface area contributed by atoms with Gasteiger partial charge in [-0.05, 0) is 13.0 Å². The van der Waals surface area contributed by atoms with Gasteiger partial charge >= 0.3 is 0 Å². The average Bonchev–Trinajstić information content (AvgIpc) is 2.63. The first kappa shape index (κ1) is 13.4. The molecule has 0 unspecified atom stereocenters. The quantitative estimate of drug-likeness (QED) is 0.665. The first-order chi connectivity index (χ1) is 9.00. The lowest BCUT2D eigenvalue weighted by Gasteiger charge is -2.09. The van der Waals surface area contributed by atoms with Crippen LogP contribution in [0, 0.1) is 12.3 Å². The van der Waals surface area contributed by atoms with Gasteiger partial charge in [0.2, 0.25) is 5.88 Å². The number of hydrogen-bond acceptors (Lipinski definition) is 3. The van der Waals surface area contributed by atoms with Crippen LogP contribution < -0.4 is 10.5 Å². The molecule has 0 saturated heterocycles. The minimum absolute atomic E-state index is 0.0558. The Morgan fingerprint density at radius 2 is 2.16 bits per heavy atom. The van der Waals surface area contributed by atoms with Crippen LogP contribution >= 0.6 is 11.6 Å². The third-order valence-electron chi connectivity index (χ3n) is 2.76. The van der Waals surface area contributed by atoms with Gasteiger partial charge in [0.1, 0.15) is 18.0 Å². The summed E-state index contributed by atoms with van der Waals surface area (Å²) in [7, 11) is 1.75. The molecule has 0 radical (unpaired) electrons. The van der Waals surface area contributed by atoms with Crippen molar-refractivity contribution in [1.82, 2.24) is 9.78 Å². The topological polar surface area (TPSA) is 76.9 Å². The highest BCUT2D eigenvalue weighted by Crippen LogP contribution is 2.23. The molecule has 1 aromatic carbocycles. The summed E-state index contributed by atoms with van der Waals surface area (Å²) in [6, 6.07) is 7.45. The van der Waals surface area contributed by atoms with Gasteiger partial charge in [-0.2, -0.15) is 5.10 Å². The van der Waals surface area contributed by atoms with Gasteiger partial charge in [0.15, 0.2) is 0 Å². The first-order valence-corrected chi connectivity index (χ1v) is 6.12. The summed E-state index contributed by atoms with van der Waals surface area (Å²) in [6.07, 6.45) is 0. The first-order valence-electron chi connectivity index (χ1n) is 5.75. The molecular formula is C13H15ClN4O. The number of nitrogen functional groups attached to an aromatic ring is 1. The van der Waals surface area contributed by atoms with Crippen LogP contribution in [0.3, 0.4) is 0 Å². The standard InChI is InChI=1S/C13H15ClN4O/c1-8-11(12(15)16)13(18(2)17-8)19-7-9-5-3-4-6-10(9)14/h3-6H,7H2,1-2H3,(H3,15,16). The smallest absolute Gasteiger partial charge is 0.223 e. The van der Waals surface area contributed by atoms with Crippen molar-refractivity contribution in [1.29, 1.82) is 5.41 Å². The van der Waals surface area contributed by atoms with Crippen molar-refractivity contribution in [2.24, 2.45) is 12.8 Å². The van der Waals surface area contributed by atoms with Crippen LogP contribution in [-0.2, 0) is 13.7 Å². The average molecular weight is 279 g/mol. The molecule has 100 valence electrons. The fraction of sp³-hybridized carbons (Fsp3) is 0.231. The summed E-state index contributed by atoms with van der Waals surface area (Å²) in [6.45, 7) is 2.10. The Bertz CT molecular complexity index is 621. The molecule has 1 heterocycles. The molecule has 19 heavy (non-hydrogen) atoms. The maximum Gasteiger partial charge on any atom is 0.223 e. The predicted octanol–water partition coefficient (Wildman–Crippen LogP) is 2.24. The Morgan fingerprint density at radius 1 is 1.47 bits per heavy atom. The van der Waals surface area contributed by atoms with E-state index in [4.69, 9.17) is 27.5 Å². The number of halogens is 1. The maximum atomic E-state index is 7.57. The van der Waals surface area contributed by atoms with E-state index in [-0.39, 0.29) is 5.84 Å². The van der Waals surface area contributed by atoms with Gasteiger partial charge in [-0.3, -0.25) is 5.41 Å². The molecule has 2 aromatic rings. The van der Waals surface area contributed by atoms with E-state index < -0.39 is 0 Å². The SMILES string of the molecule is Cc1nn(C)c(OCc2ccccc2Cl)c1C(=N)N. The Labute approximate surface area is 116 Å². The van der Waals surface area contributed by atoms with Crippen LogP contribution in [0.4, 0.5) is 0 Å². The molecule has 0 aliphatic rings. The van der Waals surface area contributed by atoms with E-state index in [1.165, 1.54) is 0 Å². The molecule has 0 bridgehead atoms. The van der Waals surface area contributed by atoms with Crippen molar-refractivity contribution in [3.8, 4) is 5.88 Å². The van der Waals surface area contributed by atoms with E-state index in [0.717, 1.165) is 5.56 Å². The summed E-state index contributed by atoms with van der Waals surface area (Å²) < 4.78 is 7.28. The molecule has 1 aromatic heterocycles. The third kappa shape index (κ3) is 2.71. The van der Waals surface area contributed by atoms with Gasteiger partial charge in [-0.25, -0.2) is 4.68 Å². The zero-order valence-corrected chi connectivity index (χ0v) is 11.5. The van der Waals surface area contributed by atoms with E-state index in [0.29, 0.717) is 28.8 Å². The van der Waals surface area contributed by atoms with E-state index in [1.54, 1.807) is 24.7 Å². The van der Waals surface area contributed by atoms with Crippen LogP contribution in [0.1, 0.15) is 16.8 Å². The van der Waals surface area contributed by atoms with Gasteiger partial charge < -0.3 is 10.5 Å². The maximum absolute atomic E-state index is 7.57. The van der Waals surface area contributed by atoms with Gasteiger partial charge in [0, 0.05) is 17.6 Å². The lowest BCUT2D eigenvalue weighted by Crippen LogP contribution is -2.14. The highest BCUT2D eigenvalue weighted by Gasteiger charge is 2.17. The van der Waals surface area contributed by atoms with Crippen molar-refractivity contribution in [3.05, 3.63) is 46.1 Å². The van der Waals surface area contributed by atoms with Gasteiger partial charge in [0.05, 0.1) is 5.69 Å². The Hall–Kier alpha value is -2.01. The molecule has 0 aliphatic heterocycles. The largest absolute Gasteiger partial charge is 0.472 e. The predicted molar refractivity (Wildman–Crippen MR) is 74.7 cm³/mol. The number of hydrogen-bond donors (Lipinski definition) is 2. The van der Waals surface area contributed by atoms with Gasteiger partial charge in [0.25, 0.3) is 0 Å². The second kappa shape index (κ2) is 5.32. The van der Waals surface area contributed by atoms with E-state index in [9.17, 15) is 0 Å². The summed E-state index contributed by atoms with van der Waals surface area (Å²) in [4.78, 5) is 0. The fourth-order valence-electron chi connectivity index (χ4n) is 1.87. The zero-order valence-electron chi connectivity index (χ0n) is 10.8. The molecule has 0 atom stereocenters. The summed E-state index contributed by atoms with van der Waals surface area (Å²) >= 11 is 6.07. The number of nitrogens with one attached hydrogen (secondary N) is 1. The second-order valence-electron chi connectivity index (χ2n) is 4.18. The van der Waals surface area contributed by atoms with Crippen molar-refractivity contribution in [2.45, 2.75) is 13.5 Å². The molecule has 5 nitrogen and oxygen atoms in total. The number of benzene rings is 1. The summed E-state index contributed by atoms with van der Waals surface area (Å²) in [5, 5.41) is 12.4. The number of nitrogens with zero attached hydrogens (tertiary/aromatic N) is 2. The molecule has 6 heteroatoms. The highest BCUT2D eigenvalue weighted by atomic mass is 35.5. The summed E-state index contributed by atoms with van der Waals surface area (Å²) in [5.74, 6) is 0.421. The minimum atomic E-state index is -0.0558. The van der Waals surface area contributed by atoms with Crippen LogP contribution in [0.5, 0.6) is 5.88 Å². The Morgan fingerprint density at radius 3 is 2.79 bits per heavy atom. The van der Waals surface area contributed by atoms with Crippen molar-refractivity contribution in [3.63, 3.8) is 0 Å². The molecule has 0 spiro atoms. The number of amidine groups is 1. The lowest BCUT2D eigenvalue weighted by atomic mass is 10.2. The molecule has 0 amide bonds. The highest BCUT2D eigenvalue weighted by molar-refractivity contribution is 6.31. The third-order valence-corrected chi connectivity index (χ3v) is 3.13. The normalized spacial score (nSPS) is 10.5. The zero-order chi connectivity index (χ0) is 14.0.